The highest BCUT2D eigenvalue weighted by Crippen LogP contribution is 2.27. The van der Waals surface area contributed by atoms with Crippen LogP contribution in [-0.4, -0.2) is 44.4 Å². The Labute approximate surface area is 122 Å². The number of carbonyl (C=O) groups excluding carboxylic acids is 2. The van der Waals surface area contributed by atoms with Crippen LogP contribution in [0.25, 0.3) is 0 Å². The highest BCUT2D eigenvalue weighted by Gasteiger charge is 2.33. The monoisotopic (exact) mass is 291 g/mol. The molecule has 2 fully saturated rings. The summed E-state index contributed by atoms with van der Waals surface area (Å²) in [5.74, 6) is -2.11. The predicted octanol–water partition coefficient (Wildman–Crippen LogP) is 0.408. The number of Topliss-reactive ketones (excluding diaryl/α,β-unsaturated/α-hetero) is 1. The number of ketones is 1. The van der Waals surface area contributed by atoms with Crippen LogP contribution >= 0.6 is 0 Å². The summed E-state index contributed by atoms with van der Waals surface area (Å²) in [6.45, 7) is 3.72. The largest absolute Gasteiger partial charge is 0.369 e. The molecule has 1 unspecified atom stereocenters. The van der Waals surface area contributed by atoms with Crippen LogP contribution in [-0.2, 0) is 9.59 Å². The second-order valence-electron chi connectivity index (χ2n) is 5.38. The van der Waals surface area contributed by atoms with Crippen molar-refractivity contribution < 1.29 is 14.0 Å². The molecule has 5 nitrogen and oxygen atoms in total. The predicted molar refractivity (Wildman–Crippen MR) is 76.9 cm³/mol. The molecule has 0 bridgehead atoms. The van der Waals surface area contributed by atoms with Gasteiger partial charge in [0.1, 0.15) is 11.7 Å². The zero-order valence-corrected chi connectivity index (χ0v) is 11.7. The number of halogens is 1. The summed E-state index contributed by atoms with van der Waals surface area (Å²) in [6.07, 6.45) is 0.259. The Morgan fingerprint density at radius 3 is 2.57 bits per heavy atom. The van der Waals surface area contributed by atoms with E-state index < -0.39 is 17.6 Å². The Morgan fingerprint density at radius 1 is 1.14 bits per heavy atom. The lowest BCUT2D eigenvalue weighted by Gasteiger charge is -2.30. The maximum absolute atomic E-state index is 14.4. The van der Waals surface area contributed by atoms with Crippen LogP contribution < -0.4 is 15.5 Å². The van der Waals surface area contributed by atoms with E-state index in [1.54, 1.807) is 12.1 Å². The number of piperidine rings is 1. The van der Waals surface area contributed by atoms with Crippen molar-refractivity contribution in [3.8, 4) is 0 Å². The normalized spacial score (nSPS) is 23.1. The zero-order valence-electron chi connectivity index (χ0n) is 11.7. The van der Waals surface area contributed by atoms with Crippen LogP contribution in [0.5, 0.6) is 0 Å². The minimum absolute atomic E-state index is 0.177. The number of hydrogen-bond donors (Lipinski definition) is 2. The molecule has 0 saturated carbocycles. The average molecular weight is 291 g/mol. The third-order valence-electron chi connectivity index (χ3n) is 4.03. The molecule has 2 aliphatic heterocycles. The first-order valence-electron chi connectivity index (χ1n) is 7.22. The van der Waals surface area contributed by atoms with Gasteiger partial charge in [0.2, 0.25) is 5.91 Å². The molecule has 2 N–H and O–H groups in total. The summed E-state index contributed by atoms with van der Waals surface area (Å²) in [6, 6.07) is 4.79. The molecule has 0 aromatic heterocycles. The first kappa shape index (κ1) is 14.0. The second-order valence-corrected chi connectivity index (χ2v) is 5.38. The summed E-state index contributed by atoms with van der Waals surface area (Å²) in [5.41, 5.74) is 0.970. The fourth-order valence-electron chi connectivity index (χ4n) is 2.89. The van der Waals surface area contributed by atoms with Crippen LogP contribution in [0.3, 0.4) is 0 Å². The van der Waals surface area contributed by atoms with E-state index in [0.29, 0.717) is 6.54 Å². The molecule has 2 aliphatic rings. The first-order chi connectivity index (χ1) is 10.2. The van der Waals surface area contributed by atoms with Gasteiger partial charge in [0.15, 0.2) is 5.78 Å². The molecule has 1 atom stereocenters. The average Bonchev–Trinajstić information content (AvgIpc) is 2.49. The lowest BCUT2D eigenvalue weighted by atomic mass is 9.89. The van der Waals surface area contributed by atoms with E-state index in [9.17, 15) is 14.0 Å². The Bertz CT molecular complexity index is 554. The van der Waals surface area contributed by atoms with E-state index in [4.69, 9.17) is 0 Å². The van der Waals surface area contributed by atoms with Crippen LogP contribution in [0.2, 0.25) is 0 Å². The molecule has 1 aromatic carbocycles. The van der Waals surface area contributed by atoms with E-state index in [1.807, 2.05) is 0 Å². The highest BCUT2D eigenvalue weighted by molar-refractivity contribution is 6.08. The molecule has 0 aliphatic carbocycles. The molecule has 112 valence electrons. The smallest absolute Gasteiger partial charge is 0.235 e. The fourth-order valence-corrected chi connectivity index (χ4v) is 2.89. The second kappa shape index (κ2) is 5.81. The Morgan fingerprint density at radius 2 is 1.90 bits per heavy atom. The maximum atomic E-state index is 14.4. The van der Waals surface area contributed by atoms with Gasteiger partial charge in [0.05, 0.1) is 0 Å². The van der Waals surface area contributed by atoms with Crippen molar-refractivity contribution in [3.63, 3.8) is 0 Å². The summed E-state index contributed by atoms with van der Waals surface area (Å²) < 4.78 is 14.4. The number of anilines is 1. The number of rotatable bonds is 2. The van der Waals surface area contributed by atoms with E-state index >= 15 is 0 Å². The molecule has 2 heterocycles. The van der Waals surface area contributed by atoms with Crippen LogP contribution in [0, 0.1) is 5.82 Å². The number of benzene rings is 1. The van der Waals surface area contributed by atoms with Gasteiger partial charge < -0.3 is 15.5 Å². The molecule has 21 heavy (non-hydrogen) atoms. The number of nitrogens with one attached hydrogen (secondary N) is 2. The molecule has 1 aromatic rings. The number of piperazine rings is 1. The van der Waals surface area contributed by atoms with E-state index in [-0.39, 0.29) is 17.8 Å². The van der Waals surface area contributed by atoms with Gasteiger partial charge >= 0.3 is 0 Å². The topological polar surface area (TPSA) is 61.4 Å². The molecule has 2 saturated heterocycles. The van der Waals surface area contributed by atoms with E-state index in [0.717, 1.165) is 31.9 Å². The van der Waals surface area contributed by atoms with Crippen molar-refractivity contribution in [2.45, 2.75) is 12.3 Å². The lowest BCUT2D eigenvalue weighted by Crippen LogP contribution is -2.43. The molecule has 0 radical (unpaired) electrons. The maximum Gasteiger partial charge on any atom is 0.235 e. The zero-order chi connectivity index (χ0) is 14.8. The van der Waals surface area contributed by atoms with Crippen molar-refractivity contribution in [2.24, 2.45) is 0 Å². The Hall–Kier alpha value is -1.95. The summed E-state index contributed by atoms with van der Waals surface area (Å²) in [4.78, 5) is 25.8. The summed E-state index contributed by atoms with van der Waals surface area (Å²) >= 11 is 0. The van der Waals surface area contributed by atoms with Gasteiger partial charge in [0, 0.05) is 50.4 Å². The molecule has 3 rings (SSSR count). The van der Waals surface area contributed by atoms with Crippen molar-refractivity contribution in [2.75, 3.05) is 37.6 Å². The highest BCUT2D eigenvalue weighted by atomic mass is 19.1. The molecule has 6 heteroatoms. The van der Waals surface area contributed by atoms with Crippen molar-refractivity contribution >= 4 is 17.4 Å². The lowest BCUT2D eigenvalue weighted by molar-refractivity contribution is -0.133. The van der Waals surface area contributed by atoms with Gasteiger partial charge in [0.25, 0.3) is 0 Å². The number of nitrogens with zero attached hydrogens (tertiary/aromatic N) is 1. The van der Waals surface area contributed by atoms with Crippen LogP contribution in [0.4, 0.5) is 10.1 Å². The van der Waals surface area contributed by atoms with Crippen molar-refractivity contribution in [1.82, 2.24) is 10.6 Å². The summed E-state index contributed by atoms with van der Waals surface area (Å²) in [5, 5.41) is 5.86. The van der Waals surface area contributed by atoms with Gasteiger partial charge in [-0.25, -0.2) is 4.39 Å². The van der Waals surface area contributed by atoms with Gasteiger partial charge in [-0.05, 0) is 12.1 Å². The van der Waals surface area contributed by atoms with Crippen molar-refractivity contribution in [1.29, 1.82) is 0 Å². The van der Waals surface area contributed by atoms with Crippen LogP contribution in [0.15, 0.2) is 18.2 Å². The van der Waals surface area contributed by atoms with Gasteiger partial charge in [-0.1, -0.05) is 6.07 Å². The number of amides is 1. The number of carbonyl (C=O) groups is 2. The Balaban J connectivity index is 1.86. The molecular formula is C15H18FN3O2. The van der Waals surface area contributed by atoms with E-state index in [1.165, 1.54) is 6.07 Å². The number of hydrogen-bond acceptors (Lipinski definition) is 4. The van der Waals surface area contributed by atoms with Gasteiger partial charge in [-0.15, -0.1) is 0 Å². The minimum atomic E-state index is -1.00. The molecule has 1 amide bonds. The third kappa shape index (κ3) is 2.76. The quantitative estimate of drug-likeness (QED) is 0.775. The third-order valence-corrected chi connectivity index (χ3v) is 4.03. The van der Waals surface area contributed by atoms with Gasteiger partial charge in [-0.3, -0.25) is 9.59 Å². The van der Waals surface area contributed by atoms with Gasteiger partial charge in [-0.2, -0.15) is 0 Å². The molecule has 0 spiro atoms. The standard InChI is InChI=1S/C15H18FN3O2/c16-12-9-10(19-7-5-17-6-8-19)1-2-11(12)14-13(20)3-4-18-15(14)21/h1-2,9,14,17H,3-8H2,(H,18,21). The summed E-state index contributed by atoms with van der Waals surface area (Å²) in [7, 11) is 0. The SMILES string of the molecule is O=C1CCNC(=O)C1c1ccc(N2CCNCC2)cc1F. The minimum Gasteiger partial charge on any atom is -0.369 e. The first-order valence-corrected chi connectivity index (χ1v) is 7.22. The van der Waals surface area contributed by atoms with E-state index in [2.05, 4.69) is 15.5 Å². The molecular weight excluding hydrogens is 273 g/mol. The van der Waals surface area contributed by atoms with Crippen LogP contribution in [0.1, 0.15) is 17.9 Å². The fraction of sp³-hybridized carbons (Fsp3) is 0.467. The Kier molecular flexibility index (Phi) is 3.88. The van der Waals surface area contributed by atoms with Crippen molar-refractivity contribution in [3.05, 3.63) is 29.6 Å².